The minimum Gasteiger partial charge on any atom is -0.550 e. The van der Waals surface area contributed by atoms with Gasteiger partial charge in [0.15, 0.2) is 11.6 Å². The van der Waals surface area contributed by atoms with E-state index in [1.54, 1.807) is 0 Å². The zero-order chi connectivity index (χ0) is 16.8. The Morgan fingerprint density at radius 3 is 2.50 bits per heavy atom. The van der Waals surface area contributed by atoms with Crippen molar-refractivity contribution in [2.45, 2.75) is 12.8 Å². The van der Waals surface area contributed by atoms with Gasteiger partial charge in [0.1, 0.15) is 5.82 Å². The molecule has 0 aliphatic carbocycles. The van der Waals surface area contributed by atoms with E-state index in [1.807, 2.05) is 0 Å². The Bertz CT molecular complexity index is 726. The van der Waals surface area contributed by atoms with E-state index in [0.717, 1.165) is 12.1 Å². The monoisotopic (exact) mass is 344 g/mol. The Labute approximate surface area is 158 Å². The number of nitrogens with one attached hydrogen (secondary N) is 1. The molecule has 9 heteroatoms. The second kappa shape index (κ2) is 9.31. The predicted octanol–water partition coefficient (Wildman–Crippen LogP) is -1.38. The number of carbonyl (C=O) groups excluding carboxylic acids is 2. The van der Waals surface area contributed by atoms with Crippen LogP contribution in [0.1, 0.15) is 12.8 Å². The van der Waals surface area contributed by atoms with Gasteiger partial charge in [-0.05, 0) is 24.6 Å². The molecule has 1 aromatic heterocycles. The molecule has 0 saturated carbocycles. The average Bonchev–Trinajstić information content (AvgIpc) is 2.50. The molecule has 1 N–H and O–H groups in total. The van der Waals surface area contributed by atoms with Crippen LogP contribution in [-0.4, -0.2) is 16.9 Å². The maximum Gasteiger partial charge on any atom is 1.00 e. The maximum absolute atomic E-state index is 13.4. The van der Waals surface area contributed by atoms with Crippen molar-refractivity contribution >= 4 is 17.6 Å². The smallest absolute Gasteiger partial charge is 0.550 e. The van der Waals surface area contributed by atoms with Crippen LogP contribution < -0.4 is 44.7 Å². The number of nitrogens with zero attached hydrogens (tertiary/aromatic N) is 1. The molecule has 24 heavy (non-hydrogen) atoms. The van der Waals surface area contributed by atoms with Gasteiger partial charge in [0.2, 0.25) is 11.8 Å². The fourth-order valence-corrected chi connectivity index (χ4v) is 1.62. The zero-order valence-corrected chi connectivity index (χ0v) is 14.7. The van der Waals surface area contributed by atoms with Crippen LogP contribution in [-0.2, 0) is 9.59 Å². The van der Waals surface area contributed by atoms with Gasteiger partial charge < -0.3 is 20.0 Å². The second-order valence-electron chi connectivity index (χ2n) is 4.48. The summed E-state index contributed by atoms with van der Waals surface area (Å²) >= 11 is 0. The van der Waals surface area contributed by atoms with Crippen molar-refractivity contribution in [3.8, 4) is 11.6 Å². The van der Waals surface area contributed by atoms with E-state index in [9.17, 15) is 23.5 Å². The van der Waals surface area contributed by atoms with Crippen molar-refractivity contribution in [2.24, 2.45) is 0 Å². The van der Waals surface area contributed by atoms with Crippen LogP contribution in [0.4, 0.5) is 14.5 Å². The van der Waals surface area contributed by atoms with Crippen LogP contribution >= 0.6 is 0 Å². The SMILES string of the molecule is O=C([O-])CCC(=O)Nc1ccc(Oc2ccc(F)cc2F)nc1.[Na+]. The summed E-state index contributed by atoms with van der Waals surface area (Å²) in [6, 6.07) is 5.67. The van der Waals surface area contributed by atoms with E-state index < -0.39 is 23.5 Å². The summed E-state index contributed by atoms with van der Waals surface area (Å²) in [5, 5.41) is 12.7. The number of carboxylic acids is 1. The Hall–Kier alpha value is -2.03. The van der Waals surface area contributed by atoms with Crippen LogP contribution in [0.2, 0.25) is 0 Å². The molecule has 0 atom stereocenters. The number of hydrogen-bond acceptors (Lipinski definition) is 5. The van der Waals surface area contributed by atoms with Crippen molar-refractivity contribution in [1.29, 1.82) is 0 Å². The van der Waals surface area contributed by atoms with Gasteiger partial charge >= 0.3 is 29.6 Å². The van der Waals surface area contributed by atoms with Gasteiger partial charge in [-0.3, -0.25) is 4.79 Å². The number of benzene rings is 1. The number of rotatable bonds is 6. The van der Waals surface area contributed by atoms with E-state index in [-0.39, 0.29) is 54.0 Å². The zero-order valence-electron chi connectivity index (χ0n) is 12.7. The van der Waals surface area contributed by atoms with Gasteiger partial charge in [-0.1, -0.05) is 0 Å². The molecule has 1 amide bonds. The fraction of sp³-hybridized carbons (Fsp3) is 0.133. The Morgan fingerprint density at radius 2 is 1.92 bits per heavy atom. The predicted molar refractivity (Wildman–Crippen MR) is 73.5 cm³/mol. The molecule has 0 aliphatic heterocycles. The van der Waals surface area contributed by atoms with E-state index in [2.05, 4.69) is 10.3 Å². The van der Waals surface area contributed by atoms with Gasteiger partial charge in [0.25, 0.3) is 0 Å². The third kappa shape index (κ3) is 6.23. The molecule has 1 aromatic carbocycles. The maximum atomic E-state index is 13.4. The van der Waals surface area contributed by atoms with Gasteiger partial charge in [0, 0.05) is 24.5 Å². The molecule has 2 aromatic rings. The number of pyridine rings is 1. The molecular weight excluding hydrogens is 333 g/mol. The minimum atomic E-state index is -1.32. The van der Waals surface area contributed by atoms with Crippen LogP contribution in [0.3, 0.4) is 0 Å². The molecule has 0 radical (unpaired) electrons. The van der Waals surface area contributed by atoms with E-state index >= 15 is 0 Å². The van der Waals surface area contributed by atoms with Crippen LogP contribution in [0, 0.1) is 11.6 Å². The molecular formula is C15H11F2N2NaO4. The average molecular weight is 344 g/mol. The summed E-state index contributed by atoms with van der Waals surface area (Å²) in [4.78, 5) is 25.5. The van der Waals surface area contributed by atoms with Crippen molar-refractivity contribution in [3.05, 3.63) is 48.2 Å². The van der Waals surface area contributed by atoms with E-state index in [4.69, 9.17) is 4.74 Å². The fourth-order valence-electron chi connectivity index (χ4n) is 1.62. The minimum absolute atomic E-state index is 0. The Kier molecular flexibility index (Phi) is 7.76. The van der Waals surface area contributed by atoms with Crippen LogP contribution in [0.15, 0.2) is 36.5 Å². The van der Waals surface area contributed by atoms with Gasteiger partial charge in [-0.15, -0.1) is 0 Å². The molecule has 0 saturated heterocycles. The van der Waals surface area contributed by atoms with Crippen molar-refractivity contribution < 1.29 is 57.8 Å². The topological polar surface area (TPSA) is 91.3 Å². The molecule has 0 bridgehead atoms. The third-order valence-corrected chi connectivity index (χ3v) is 2.68. The second-order valence-corrected chi connectivity index (χ2v) is 4.48. The van der Waals surface area contributed by atoms with Crippen molar-refractivity contribution in [1.82, 2.24) is 4.98 Å². The van der Waals surface area contributed by atoms with Crippen molar-refractivity contribution in [2.75, 3.05) is 5.32 Å². The van der Waals surface area contributed by atoms with Gasteiger partial charge in [-0.25, -0.2) is 13.8 Å². The first-order valence-electron chi connectivity index (χ1n) is 6.52. The molecule has 1 heterocycles. The number of aromatic nitrogens is 1. The quantitative estimate of drug-likeness (QED) is 0.653. The summed E-state index contributed by atoms with van der Waals surface area (Å²) in [6.07, 6.45) is 0.652. The number of aliphatic carboxylic acids is 1. The standard InChI is InChI=1S/C15H12F2N2O4.Na/c16-9-1-3-12(11(17)7-9)23-14-5-2-10(8-18-14)19-13(20)4-6-15(21)22;/h1-3,5,7-8H,4,6H2,(H,19,20)(H,21,22);/q;+1/p-1. The number of anilines is 1. The molecule has 0 unspecified atom stereocenters. The first kappa shape index (κ1) is 20.0. The van der Waals surface area contributed by atoms with Crippen LogP contribution in [0.5, 0.6) is 11.6 Å². The number of ether oxygens (including phenoxy) is 1. The largest absolute Gasteiger partial charge is 1.00 e. The molecule has 0 fully saturated rings. The van der Waals surface area contributed by atoms with Crippen molar-refractivity contribution in [3.63, 3.8) is 0 Å². The first-order valence-corrected chi connectivity index (χ1v) is 6.52. The normalized spacial score (nSPS) is 9.75. The summed E-state index contributed by atoms with van der Waals surface area (Å²) < 4.78 is 31.4. The molecule has 0 aliphatic rings. The summed E-state index contributed by atoms with van der Waals surface area (Å²) in [5.74, 6) is -3.56. The van der Waals surface area contributed by atoms with Crippen LogP contribution in [0.25, 0.3) is 0 Å². The molecule has 2 rings (SSSR count). The summed E-state index contributed by atoms with van der Waals surface area (Å²) in [6.45, 7) is 0. The number of halogens is 2. The number of amides is 1. The number of hydrogen-bond donors (Lipinski definition) is 1. The number of carbonyl (C=O) groups is 2. The molecule has 6 nitrogen and oxygen atoms in total. The first-order chi connectivity index (χ1) is 10.9. The van der Waals surface area contributed by atoms with E-state index in [1.165, 1.54) is 18.3 Å². The Morgan fingerprint density at radius 1 is 1.17 bits per heavy atom. The molecule has 120 valence electrons. The number of carboxylic acid groups (broad SMARTS) is 1. The Balaban J connectivity index is 0.00000288. The van der Waals surface area contributed by atoms with Gasteiger partial charge in [0.05, 0.1) is 11.9 Å². The molecule has 0 spiro atoms. The van der Waals surface area contributed by atoms with E-state index in [0.29, 0.717) is 11.8 Å². The van der Waals surface area contributed by atoms with Gasteiger partial charge in [-0.2, -0.15) is 0 Å². The summed E-state index contributed by atoms with van der Waals surface area (Å²) in [5.41, 5.74) is 0.320. The summed E-state index contributed by atoms with van der Waals surface area (Å²) in [7, 11) is 0. The third-order valence-electron chi connectivity index (χ3n) is 2.68.